The quantitative estimate of drug-likeness (QED) is 0.481. The number of hydrogen-bond acceptors (Lipinski definition) is 6. The molecular formula is C12H14N2O7. The zero-order valence-electron chi connectivity index (χ0n) is 11.1. The SMILES string of the molecule is COc1cc([N+](=O)[O-])ccc1C(=O)NCCC(O)C(=O)O. The summed E-state index contributed by atoms with van der Waals surface area (Å²) in [5.41, 5.74) is -0.141. The van der Waals surface area contributed by atoms with Gasteiger partial charge in [0.25, 0.3) is 11.6 Å². The number of methoxy groups -OCH3 is 1. The third kappa shape index (κ3) is 4.42. The first-order valence-electron chi connectivity index (χ1n) is 5.88. The Bertz CT molecular complexity index is 559. The molecule has 0 aliphatic heterocycles. The molecule has 114 valence electrons. The summed E-state index contributed by atoms with van der Waals surface area (Å²) < 4.78 is 4.91. The van der Waals surface area contributed by atoms with Gasteiger partial charge in [-0.1, -0.05) is 0 Å². The molecule has 1 aromatic carbocycles. The molecule has 0 saturated heterocycles. The zero-order valence-corrected chi connectivity index (χ0v) is 11.1. The number of aliphatic hydroxyl groups excluding tert-OH is 1. The predicted octanol–water partition coefficient (Wildman–Crippen LogP) is 0.169. The van der Waals surface area contributed by atoms with Crippen molar-refractivity contribution in [2.24, 2.45) is 0 Å². The Morgan fingerprint density at radius 1 is 1.48 bits per heavy atom. The van der Waals surface area contributed by atoms with Crippen LogP contribution in [0.3, 0.4) is 0 Å². The average molecular weight is 298 g/mol. The number of carbonyl (C=O) groups is 2. The van der Waals surface area contributed by atoms with Crippen molar-refractivity contribution in [3.8, 4) is 5.75 Å². The summed E-state index contributed by atoms with van der Waals surface area (Å²) in [6.45, 7) is -0.0631. The van der Waals surface area contributed by atoms with Crippen LogP contribution in [0.2, 0.25) is 0 Å². The minimum absolute atomic E-state index is 0.0282. The van der Waals surface area contributed by atoms with E-state index in [0.29, 0.717) is 0 Å². The van der Waals surface area contributed by atoms with Crippen molar-refractivity contribution in [1.82, 2.24) is 5.32 Å². The number of amides is 1. The highest BCUT2D eigenvalue weighted by atomic mass is 16.6. The van der Waals surface area contributed by atoms with Gasteiger partial charge in [-0.3, -0.25) is 14.9 Å². The van der Waals surface area contributed by atoms with Crippen LogP contribution in [-0.4, -0.2) is 46.8 Å². The van der Waals surface area contributed by atoms with Crippen molar-refractivity contribution in [3.05, 3.63) is 33.9 Å². The van der Waals surface area contributed by atoms with Gasteiger partial charge < -0.3 is 20.3 Å². The fraction of sp³-hybridized carbons (Fsp3) is 0.333. The van der Waals surface area contributed by atoms with E-state index in [4.69, 9.17) is 14.9 Å². The van der Waals surface area contributed by atoms with Crippen molar-refractivity contribution >= 4 is 17.6 Å². The lowest BCUT2D eigenvalue weighted by atomic mass is 10.1. The van der Waals surface area contributed by atoms with Gasteiger partial charge in [-0.15, -0.1) is 0 Å². The molecule has 9 nitrogen and oxygen atoms in total. The molecule has 0 bridgehead atoms. The number of carboxylic acids is 1. The third-order valence-corrected chi connectivity index (χ3v) is 2.63. The first-order valence-corrected chi connectivity index (χ1v) is 5.88. The van der Waals surface area contributed by atoms with E-state index < -0.39 is 22.9 Å². The van der Waals surface area contributed by atoms with E-state index in [9.17, 15) is 19.7 Å². The predicted molar refractivity (Wildman–Crippen MR) is 70.2 cm³/mol. The van der Waals surface area contributed by atoms with Crippen molar-refractivity contribution in [2.45, 2.75) is 12.5 Å². The van der Waals surface area contributed by atoms with Gasteiger partial charge >= 0.3 is 5.97 Å². The second-order valence-electron chi connectivity index (χ2n) is 4.04. The number of nitrogens with one attached hydrogen (secondary N) is 1. The van der Waals surface area contributed by atoms with Crippen LogP contribution in [0.4, 0.5) is 5.69 Å². The molecule has 0 saturated carbocycles. The second kappa shape index (κ2) is 7.20. The minimum Gasteiger partial charge on any atom is -0.496 e. The van der Waals surface area contributed by atoms with Crippen molar-refractivity contribution < 1.29 is 29.5 Å². The normalized spacial score (nSPS) is 11.5. The van der Waals surface area contributed by atoms with Gasteiger partial charge in [-0.25, -0.2) is 4.79 Å². The Hall–Kier alpha value is -2.68. The Labute approximate surface area is 119 Å². The molecule has 1 amide bonds. The highest BCUT2D eigenvalue weighted by Gasteiger charge is 2.18. The molecule has 0 heterocycles. The Morgan fingerprint density at radius 2 is 2.14 bits per heavy atom. The molecule has 0 fully saturated rings. The summed E-state index contributed by atoms with van der Waals surface area (Å²) in [6.07, 6.45) is -1.72. The minimum atomic E-state index is -1.57. The smallest absolute Gasteiger partial charge is 0.332 e. The first-order chi connectivity index (χ1) is 9.86. The summed E-state index contributed by atoms with van der Waals surface area (Å²) in [4.78, 5) is 32.3. The molecule has 0 radical (unpaired) electrons. The third-order valence-electron chi connectivity index (χ3n) is 2.63. The van der Waals surface area contributed by atoms with Gasteiger partial charge in [-0.05, 0) is 6.07 Å². The fourth-order valence-electron chi connectivity index (χ4n) is 1.52. The number of carbonyl (C=O) groups excluding carboxylic acids is 1. The summed E-state index contributed by atoms with van der Waals surface area (Å²) in [7, 11) is 1.27. The Kier molecular flexibility index (Phi) is 5.61. The van der Waals surface area contributed by atoms with E-state index in [-0.39, 0.29) is 30.0 Å². The van der Waals surface area contributed by atoms with Crippen LogP contribution < -0.4 is 10.1 Å². The van der Waals surface area contributed by atoms with Crippen LogP contribution in [0.15, 0.2) is 18.2 Å². The number of hydrogen-bond donors (Lipinski definition) is 3. The molecule has 0 aliphatic carbocycles. The van der Waals surface area contributed by atoms with Gasteiger partial charge in [-0.2, -0.15) is 0 Å². The number of nitro benzene ring substituents is 1. The number of nitrogens with zero attached hydrogens (tertiary/aromatic N) is 1. The number of non-ortho nitro benzene ring substituents is 1. The maximum Gasteiger partial charge on any atom is 0.332 e. The van der Waals surface area contributed by atoms with E-state index in [1.807, 2.05) is 0 Å². The van der Waals surface area contributed by atoms with Gasteiger partial charge in [0.15, 0.2) is 6.10 Å². The lowest BCUT2D eigenvalue weighted by Gasteiger charge is -2.10. The molecule has 1 atom stereocenters. The van der Waals surface area contributed by atoms with Crippen LogP contribution in [0, 0.1) is 10.1 Å². The van der Waals surface area contributed by atoms with Crippen LogP contribution in [0.5, 0.6) is 5.75 Å². The van der Waals surface area contributed by atoms with Crippen molar-refractivity contribution in [1.29, 1.82) is 0 Å². The summed E-state index contributed by atoms with van der Waals surface area (Å²) in [6, 6.07) is 3.50. The van der Waals surface area contributed by atoms with E-state index >= 15 is 0 Å². The molecule has 3 N–H and O–H groups in total. The number of benzene rings is 1. The Morgan fingerprint density at radius 3 is 2.67 bits per heavy atom. The average Bonchev–Trinajstić information content (AvgIpc) is 2.45. The van der Waals surface area contributed by atoms with Gasteiger partial charge in [0.05, 0.1) is 23.7 Å². The van der Waals surface area contributed by atoms with E-state index in [1.165, 1.54) is 13.2 Å². The molecule has 0 aromatic heterocycles. The van der Waals surface area contributed by atoms with Crippen LogP contribution in [0.1, 0.15) is 16.8 Å². The lowest BCUT2D eigenvalue weighted by Crippen LogP contribution is -2.30. The van der Waals surface area contributed by atoms with Crippen LogP contribution in [-0.2, 0) is 4.79 Å². The summed E-state index contributed by atoms with van der Waals surface area (Å²) in [5, 5.41) is 30.6. The number of nitro groups is 1. The molecule has 21 heavy (non-hydrogen) atoms. The molecule has 1 aromatic rings. The topological polar surface area (TPSA) is 139 Å². The molecule has 0 spiro atoms. The number of ether oxygens (including phenoxy) is 1. The first kappa shape index (κ1) is 16.4. The molecule has 1 unspecified atom stereocenters. The van der Waals surface area contributed by atoms with Gasteiger partial charge in [0.1, 0.15) is 5.75 Å². The monoisotopic (exact) mass is 298 g/mol. The van der Waals surface area contributed by atoms with E-state index in [2.05, 4.69) is 5.32 Å². The standard InChI is InChI=1S/C12H14N2O7/c1-21-10-6-7(14(19)20)2-3-8(10)11(16)13-5-4-9(15)12(17)18/h2-3,6,9,15H,4-5H2,1H3,(H,13,16)(H,17,18). The van der Waals surface area contributed by atoms with Crippen LogP contribution in [0.25, 0.3) is 0 Å². The molecule has 1 rings (SSSR count). The van der Waals surface area contributed by atoms with Crippen molar-refractivity contribution in [2.75, 3.05) is 13.7 Å². The number of rotatable bonds is 7. The van der Waals surface area contributed by atoms with Crippen LogP contribution >= 0.6 is 0 Å². The summed E-state index contributed by atoms with van der Waals surface area (Å²) >= 11 is 0. The highest BCUT2D eigenvalue weighted by Crippen LogP contribution is 2.24. The zero-order chi connectivity index (χ0) is 16.0. The van der Waals surface area contributed by atoms with E-state index in [1.54, 1.807) is 0 Å². The molecule has 0 aliphatic rings. The Balaban J connectivity index is 2.74. The number of aliphatic carboxylic acids is 1. The number of aliphatic hydroxyl groups is 1. The summed E-state index contributed by atoms with van der Waals surface area (Å²) in [5.74, 6) is -1.93. The van der Waals surface area contributed by atoms with Crippen molar-refractivity contribution in [3.63, 3.8) is 0 Å². The van der Waals surface area contributed by atoms with E-state index in [0.717, 1.165) is 12.1 Å². The van der Waals surface area contributed by atoms with Gasteiger partial charge in [0, 0.05) is 19.0 Å². The molecule has 9 heteroatoms. The fourth-order valence-corrected chi connectivity index (χ4v) is 1.52. The second-order valence-corrected chi connectivity index (χ2v) is 4.04. The van der Waals surface area contributed by atoms with Gasteiger partial charge in [0.2, 0.25) is 0 Å². The molecular weight excluding hydrogens is 284 g/mol. The lowest BCUT2D eigenvalue weighted by molar-refractivity contribution is -0.384. The number of carboxylic acid groups (broad SMARTS) is 1. The maximum atomic E-state index is 11.9. The highest BCUT2D eigenvalue weighted by molar-refractivity contribution is 5.97. The largest absolute Gasteiger partial charge is 0.496 e. The maximum absolute atomic E-state index is 11.9.